The first-order chi connectivity index (χ1) is 8.50. The Balaban J connectivity index is 2.05. The predicted octanol–water partition coefficient (Wildman–Crippen LogP) is 0.902. The van der Waals surface area contributed by atoms with E-state index in [2.05, 4.69) is 9.88 Å². The van der Waals surface area contributed by atoms with E-state index >= 15 is 0 Å². The van der Waals surface area contributed by atoms with Crippen LogP contribution in [0.1, 0.15) is 5.69 Å². The second-order valence-corrected chi connectivity index (χ2v) is 6.52. The summed E-state index contributed by atoms with van der Waals surface area (Å²) in [6, 6.07) is 5.72. The molecule has 2 rings (SSSR count). The molecule has 1 fully saturated rings. The van der Waals surface area contributed by atoms with E-state index < -0.39 is 10.0 Å². The second kappa shape index (κ2) is 5.42. The van der Waals surface area contributed by atoms with Gasteiger partial charge in [-0.15, -0.1) is 11.6 Å². The molecule has 5 nitrogen and oxygen atoms in total. The quantitative estimate of drug-likeness (QED) is 0.776. The van der Waals surface area contributed by atoms with Gasteiger partial charge in [0.15, 0.2) is 0 Å². The van der Waals surface area contributed by atoms with Crippen molar-refractivity contribution in [2.24, 2.45) is 0 Å². The summed E-state index contributed by atoms with van der Waals surface area (Å²) in [4.78, 5) is 6.51. The summed E-state index contributed by atoms with van der Waals surface area (Å²) in [5.41, 5.74) is 0.833. The Hall–Kier alpha value is -0.850. The van der Waals surface area contributed by atoms with Crippen molar-refractivity contribution in [3.05, 3.63) is 23.9 Å². The van der Waals surface area contributed by atoms with Crippen molar-refractivity contribution in [2.75, 3.05) is 37.3 Å². The fraction of sp³-hybridized carbons (Fsp3) is 0.545. The van der Waals surface area contributed by atoms with Gasteiger partial charge < -0.3 is 4.90 Å². The Labute approximate surface area is 112 Å². The topological polar surface area (TPSA) is 53.5 Å². The molecule has 0 unspecified atom stereocenters. The predicted molar refractivity (Wildman–Crippen MR) is 72.4 cm³/mol. The average Bonchev–Trinajstić information content (AvgIpc) is 2.38. The number of hydrogen-bond donors (Lipinski definition) is 0. The third-order valence-corrected chi connectivity index (χ3v) is 4.54. The summed E-state index contributed by atoms with van der Waals surface area (Å²) in [5, 5.41) is 0. The van der Waals surface area contributed by atoms with Gasteiger partial charge in [0.1, 0.15) is 5.82 Å². The van der Waals surface area contributed by atoms with Crippen molar-refractivity contribution >= 4 is 27.4 Å². The zero-order chi connectivity index (χ0) is 13.2. The first kappa shape index (κ1) is 13.6. The van der Waals surface area contributed by atoms with Crippen LogP contribution in [-0.4, -0.2) is 50.1 Å². The number of piperazine rings is 1. The normalized spacial score (nSPS) is 18.0. The van der Waals surface area contributed by atoms with Gasteiger partial charge in [0, 0.05) is 26.2 Å². The van der Waals surface area contributed by atoms with E-state index in [1.54, 1.807) is 0 Å². The molecule has 7 heteroatoms. The van der Waals surface area contributed by atoms with E-state index in [1.807, 2.05) is 18.2 Å². The SMILES string of the molecule is CS(=O)(=O)N1CCN(c2cccc(CCl)n2)CC1. The Morgan fingerprint density at radius 1 is 1.28 bits per heavy atom. The fourth-order valence-corrected chi connectivity index (χ4v) is 2.94. The molecule has 0 aromatic carbocycles. The summed E-state index contributed by atoms with van der Waals surface area (Å²) >= 11 is 5.75. The largest absolute Gasteiger partial charge is 0.354 e. The van der Waals surface area contributed by atoms with Crippen LogP contribution in [-0.2, 0) is 15.9 Å². The van der Waals surface area contributed by atoms with Gasteiger partial charge in [-0.25, -0.2) is 13.4 Å². The van der Waals surface area contributed by atoms with E-state index in [4.69, 9.17) is 11.6 Å². The summed E-state index contributed by atoms with van der Waals surface area (Å²) in [7, 11) is -3.08. The minimum absolute atomic E-state index is 0.386. The zero-order valence-electron chi connectivity index (χ0n) is 10.2. The highest BCUT2D eigenvalue weighted by molar-refractivity contribution is 7.88. The van der Waals surface area contributed by atoms with Crippen molar-refractivity contribution in [1.82, 2.24) is 9.29 Å². The number of alkyl halides is 1. The molecule has 0 spiro atoms. The number of sulfonamides is 1. The number of anilines is 1. The van der Waals surface area contributed by atoms with Gasteiger partial charge in [-0.05, 0) is 12.1 Å². The molecule has 1 aliphatic heterocycles. The van der Waals surface area contributed by atoms with Crippen molar-refractivity contribution in [2.45, 2.75) is 5.88 Å². The maximum atomic E-state index is 11.4. The molecule has 0 bridgehead atoms. The Bertz CT molecular complexity index is 513. The molecule has 0 radical (unpaired) electrons. The summed E-state index contributed by atoms with van der Waals surface area (Å²) in [5.74, 6) is 1.25. The Morgan fingerprint density at radius 3 is 2.50 bits per heavy atom. The maximum Gasteiger partial charge on any atom is 0.211 e. The zero-order valence-corrected chi connectivity index (χ0v) is 11.8. The summed E-state index contributed by atoms with van der Waals surface area (Å²) in [6.07, 6.45) is 1.25. The Kier molecular flexibility index (Phi) is 4.09. The lowest BCUT2D eigenvalue weighted by Gasteiger charge is -2.34. The van der Waals surface area contributed by atoms with E-state index in [0.717, 1.165) is 11.5 Å². The van der Waals surface area contributed by atoms with Crippen molar-refractivity contribution in [3.63, 3.8) is 0 Å². The third kappa shape index (κ3) is 3.13. The van der Waals surface area contributed by atoms with Gasteiger partial charge in [-0.2, -0.15) is 4.31 Å². The smallest absolute Gasteiger partial charge is 0.211 e. The maximum absolute atomic E-state index is 11.4. The highest BCUT2D eigenvalue weighted by atomic mass is 35.5. The molecule has 0 atom stereocenters. The lowest BCUT2D eigenvalue weighted by molar-refractivity contribution is 0.387. The van der Waals surface area contributed by atoms with E-state index in [9.17, 15) is 8.42 Å². The van der Waals surface area contributed by atoms with Crippen LogP contribution in [0.5, 0.6) is 0 Å². The van der Waals surface area contributed by atoms with Gasteiger partial charge in [0.2, 0.25) is 10.0 Å². The number of hydrogen-bond acceptors (Lipinski definition) is 4. The van der Waals surface area contributed by atoms with Crippen LogP contribution in [0.2, 0.25) is 0 Å². The molecule has 0 N–H and O–H groups in total. The third-order valence-electron chi connectivity index (χ3n) is 2.96. The Morgan fingerprint density at radius 2 is 1.94 bits per heavy atom. The molecule has 18 heavy (non-hydrogen) atoms. The fourth-order valence-electron chi connectivity index (χ4n) is 1.97. The average molecular weight is 290 g/mol. The number of aromatic nitrogens is 1. The summed E-state index contributed by atoms with van der Waals surface area (Å²) in [6.45, 7) is 2.33. The van der Waals surface area contributed by atoms with Gasteiger partial charge in [0.25, 0.3) is 0 Å². The highest BCUT2D eigenvalue weighted by Gasteiger charge is 2.23. The minimum atomic E-state index is -3.08. The molecule has 0 amide bonds. The second-order valence-electron chi connectivity index (χ2n) is 4.27. The first-order valence-electron chi connectivity index (χ1n) is 5.72. The number of nitrogens with zero attached hydrogens (tertiary/aromatic N) is 3. The van der Waals surface area contributed by atoms with E-state index in [0.29, 0.717) is 32.1 Å². The summed E-state index contributed by atoms with van der Waals surface area (Å²) < 4.78 is 24.3. The number of halogens is 1. The molecule has 1 aromatic rings. The highest BCUT2D eigenvalue weighted by Crippen LogP contribution is 2.16. The number of rotatable bonds is 3. The molecule has 2 heterocycles. The molecular formula is C11H16ClN3O2S. The molecule has 1 saturated heterocycles. The van der Waals surface area contributed by atoms with Crippen LogP contribution in [0, 0.1) is 0 Å². The van der Waals surface area contributed by atoms with Crippen LogP contribution in [0.3, 0.4) is 0 Å². The van der Waals surface area contributed by atoms with Crippen molar-refractivity contribution in [1.29, 1.82) is 0 Å². The molecule has 1 aliphatic rings. The van der Waals surface area contributed by atoms with Crippen LogP contribution < -0.4 is 4.90 Å². The number of pyridine rings is 1. The lowest BCUT2D eigenvalue weighted by Crippen LogP contribution is -2.48. The van der Waals surface area contributed by atoms with Crippen LogP contribution in [0.25, 0.3) is 0 Å². The van der Waals surface area contributed by atoms with E-state index in [-0.39, 0.29) is 0 Å². The van der Waals surface area contributed by atoms with E-state index in [1.165, 1.54) is 10.6 Å². The lowest BCUT2D eigenvalue weighted by atomic mass is 10.3. The standard InChI is InChI=1S/C11H16ClN3O2S/c1-18(16,17)15-7-5-14(6-8-15)11-4-2-3-10(9-12)13-11/h2-4H,5-9H2,1H3. The minimum Gasteiger partial charge on any atom is -0.354 e. The molecule has 100 valence electrons. The van der Waals surface area contributed by atoms with Crippen LogP contribution in [0.4, 0.5) is 5.82 Å². The van der Waals surface area contributed by atoms with Gasteiger partial charge in [0.05, 0.1) is 17.8 Å². The van der Waals surface area contributed by atoms with Gasteiger partial charge >= 0.3 is 0 Å². The first-order valence-corrected chi connectivity index (χ1v) is 8.11. The van der Waals surface area contributed by atoms with Crippen molar-refractivity contribution < 1.29 is 8.42 Å². The van der Waals surface area contributed by atoms with Gasteiger partial charge in [-0.3, -0.25) is 0 Å². The monoisotopic (exact) mass is 289 g/mol. The molecule has 0 aliphatic carbocycles. The molecular weight excluding hydrogens is 274 g/mol. The van der Waals surface area contributed by atoms with Crippen LogP contribution in [0.15, 0.2) is 18.2 Å². The molecule has 0 saturated carbocycles. The van der Waals surface area contributed by atoms with Gasteiger partial charge in [-0.1, -0.05) is 6.07 Å². The van der Waals surface area contributed by atoms with Crippen LogP contribution >= 0.6 is 11.6 Å². The van der Waals surface area contributed by atoms with Crippen molar-refractivity contribution in [3.8, 4) is 0 Å². The molecule has 1 aromatic heterocycles.